The third kappa shape index (κ3) is 3.66. The van der Waals surface area contributed by atoms with Crippen molar-refractivity contribution in [1.82, 2.24) is 4.72 Å². The summed E-state index contributed by atoms with van der Waals surface area (Å²) in [7, 11) is -8.24. The van der Waals surface area contributed by atoms with Gasteiger partial charge in [0.1, 0.15) is 10.3 Å². The fourth-order valence-electron chi connectivity index (χ4n) is 2.77. The maximum atomic E-state index is 12.6. The number of sulfonamides is 1. The van der Waals surface area contributed by atoms with Crippen LogP contribution in [0.4, 0.5) is 0 Å². The zero-order valence-corrected chi connectivity index (χ0v) is 16.5. The second-order valence-electron chi connectivity index (χ2n) is 7.23. The van der Waals surface area contributed by atoms with Crippen molar-refractivity contribution in [2.24, 2.45) is 11.7 Å². The molecule has 1 amide bonds. The smallest absolute Gasteiger partial charge is 0.297 e. The highest BCUT2D eigenvalue weighted by molar-refractivity contribution is 7.92. The fourth-order valence-corrected chi connectivity index (χ4v) is 5.34. The number of nitrogens with two attached hydrogens (primary N) is 1. The van der Waals surface area contributed by atoms with Crippen molar-refractivity contribution in [3.63, 3.8) is 0 Å². The molecule has 1 aromatic carbocycles. The molecule has 2 fully saturated rings. The third-order valence-electron chi connectivity index (χ3n) is 5.16. The Morgan fingerprint density at radius 2 is 1.89 bits per heavy atom. The van der Waals surface area contributed by atoms with Gasteiger partial charge in [0.25, 0.3) is 16.0 Å². The molecular formula is C17H22N2O6S2. The summed E-state index contributed by atoms with van der Waals surface area (Å²) in [4.78, 5) is 12.2. The zero-order chi connectivity index (χ0) is 20.1. The third-order valence-corrected chi connectivity index (χ3v) is 8.56. The number of nitrogens with one attached hydrogen (secondary N) is 1. The number of carbonyl (C=O) groups is 1. The van der Waals surface area contributed by atoms with Gasteiger partial charge in [-0.2, -0.15) is 8.42 Å². The molecule has 1 aromatic rings. The largest absolute Gasteiger partial charge is 0.317 e. The Balaban J connectivity index is 1.68. The van der Waals surface area contributed by atoms with Crippen LogP contribution in [0.3, 0.4) is 0 Å². The minimum Gasteiger partial charge on any atom is -0.317 e. The minimum atomic E-state index is -4.14. The normalized spacial score (nSPS) is 26.2. The van der Waals surface area contributed by atoms with Crippen LogP contribution >= 0.6 is 0 Å². The van der Waals surface area contributed by atoms with Gasteiger partial charge < -0.3 is 5.73 Å². The van der Waals surface area contributed by atoms with E-state index in [1.807, 2.05) is 11.6 Å². The summed E-state index contributed by atoms with van der Waals surface area (Å²) < 4.78 is 55.3. The van der Waals surface area contributed by atoms with Gasteiger partial charge in [-0.3, -0.25) is 13.7 Å². The number of benzene rings is 1. The standard InChI is InChI=1S/C17H22N2O6S2/c1-3-13-10-17(13,18)15(20)19-27(23,24)16(8-9-16)11-25-26(21,22)14-6-4-12(2)5-7-14/h3-7,13H,1,8-11,18H2,2H3,(H,19,20)/t13-,17-/m1/s1. The molecule has 0 heterocycles. The molecule has 0 aliphatic heterocycles. The van der Waals surface area contributed by atoms with Gasteiger partial charge in [-0.25, -0.2) is 8.42 Å². The number of hydrogen-bond acceptors (Lipinski definition) is 7. The molecule has 2 aliphatic carbocycles. The van der Waals surface area contributed by atoms with Crippen LogP contribution in [-0.4, -0.2) is 39.6 Å². The van der Waals surface area contributed by atoms with Crippen molar-refractivity contribution in [1.29, 1.82) is 0 Å². The predicted molar refractivity (Wildman–Crippen MR) is 98.6 cm³/mol. The van der Waals surface area contributed by atoms with Gasteiger partial charge in [0.2, 0.25) is 10.0 Å². The number of amides is 1. The molecule has 10 heteroatoms. The summed E-state index contributed by atoms with van der Waals surface area (Å²) >= 11 is 0. The van der Waals surface area contributed by atoms with Crippen LogP contribution in [0.5, 0.6) is 0 Å². The Hall–Kier alpha value is -1.75. The molecular weight excluding hydrogens is 392 g/mol. The first kappa shape index (κ1) is 20.0. The van der Waals surface area contributed by atoms with Crippen molar-refractivity contribution in [2.75, 3.05) is 6.61 Å². The second-order valence-corrected chi connectivity index (χ2v) is 10.9. The molecule has 0 bridgehead atoms. The van der Waals surface area contributed by atoms with Crippen molar-refractivity contribution >= 4 is 26.0 Å². The van der Waals surface area contributed by atoms with E-state index < -0.39 is 42.9 Å². The SMILES string of the molecule is C=C[C@@H]1C[C@]1(N)C(=O)NS(=O)(=O)C1(COS(=O)(=O)c2ccc(C)cc2)CC1. The van der Waals surface area contributed by atoms with Gasteiger partial charge in [0, 0.05) is 5.92 Å². The summed E-state index contributed by atoms with van der Waals surface area (Å²) in [6, 6.07) is 6.02. The van der Waals surface area contributed by atoms with Crippen molar-refractivity contribution in [3.8, 4) is 0 Å². The quantitative estimate of drug-likeness (QED) is 0.470. The minimum absolute atomic E-state index is 0.0574. The van der Waals surface area contributed by atoms with E-state index in [-0.39, 0.29) is 23.7 Å². The van der Waals surface area contributed by atoms with E-state index in [1.165, 1.54) is 18.2 Å². The summed E-state index contributed by atoms with van der Waals surface area (Å²) in [6.45, 7) is 4.80. The zero-order valence-electron chi connectivity index (χ0n) is 14.8. The molecule has 8 nitrogen and oxygen atoms in total. The lowest BCUT2D eigenvalue weighted by Gasteiger charge is -2.19. The molecule has 2 atom stereocenters. The van der Waals surface area contributed by atoms with E-state index in [1.54, 1.807) is 12.1 Å². The van der Waals surface area contributed by atoms with E-state index in [9.17, 15) is 21.6 Å². The first-order valence-electron chi connectivity index (χ1n) is 8.40. The Kier molecular flexibility index (Phi) is 4.74. The molecule has 3 rings (SSSR count). The van der Waals surface area contributed by atoms with Crippen LogP contribution in [0.15, 0.2) is 41.8 Å². The predicted octanol–water partition coefficient (Wildman–Crippen LogP) is 0.582. The number of rotatable bonds is 8. The first-order valence-corrected chi connectivity index (χ1v) is 11.3. The van der Waals surface area contributed by atoms with Crippen molar-refractivity contribution < 1.29 is 25.8 Å². The van der Waals surface area contributed by atoms with Crippen LogP contribution < -0.4 is 10.5 Å². The van der Waals surface area contributed by atoms with Gasteiger partial charge in [-0.15, -0.1) is 6.58 Å². The van der Waals surface area contributed by atoms with Crippen LogP contribution in [0.1, 0.15) is 24.8 Å². The summed E-state index contributed by atoms with van der Waals surface area (Å²) in [5, 5.41) is 0. The Labute approximate surface area is 159 Å². The van der Waals surface area contributed by atoms with Gasteiger partial charge >= 0.3 is 0 Å². The Morgan fingerprint density at radius 1 is 1.30 bits per heavy atom. The highest BCUT2D eigenvalue weighted by Gasteiger charge is 2.60. The van der Waals surface area contributed by atoms with Crippen LogP contribution in [0, 0.1) is 12.8 Å². The molecule has 0 unspecified atom stereocenters. The highest BCUT2D eigenvalue weighted by atomic mass is 32.2. The summed E-state index contributed by atoms with van der Waals surface area (Å²) in [6.07, 6.45) is 2.22. The lowest BCUT2D eigenvalue weighted by atomic mass is 10.2. The second kappa shape index (κ2) is 6.40. The molecule has 0 radical (unpaired) electrons. The average Bonchev–Trinajstić information content (AvgIpc) is 3.49. The van der Waals surface area contributed by atoms with E-state index in [0.29, 0.717) is 6.42 Å². The van der Waals surface area contributed by atoms with E-state index in [4.69, 9.17) is 9.92 Å². The molecule has 0 aromatic heterocycles. The van der Waals surface area contributed by atoms with Gasteiger partial charge in [0.15, 0.2) is 0 Å². The fraction of sp³-hybridized carbons (Fsp3) is 0.471. The van der Waals surface area contributed by atoms with Crippen LogP contribution in [0.25, 0.3) is 0 Å². The number of carbonyl (C=O) groups excluding carboxylic acids is 1. The lowest BCUT2D eigenvalue weighted by molar-refractivity contribution is -0.121. The van der Waals surface area contributed by atoms with Crippen molar-refractivity contribution in [2.45, 2.75) is 41.4 Å². The van der Waals surface area contributed by atoms with Gasteiger partial charge in [-0.1, -0.05) is 23.8 Å². The molecule has 148 valence electrons. The molecule has 0 saturated heterocycles. The van der Waals surface area contributed by atoms with E-state index >= 15 is 0 Å². The molecule has 3 N–H and O–H groups in total. The molecule has 2 saturated carbocycles. The van der Waals surface area contributed by atoms with Crippen LogP contribution in [0.2, 0.25) is 0 Å². The maximum absolute atomic E-state index is 12.6. The van der Waals surface area contributed by atoms with Gasteiger partial charge in [0.05, 0.1) is 11.5 Å². The van der Waals surface area contributed by atoms with E-state index in [2.05, 4.69) is 6.58 Å². The monoisotopic (exact) mass is 414 g/mol. The molecule has 27 heavy (non-hydrogen) atoms. The average molecular weight is 415 g/mol. The molecule has 0 spiro atoms. The number of aryl methyl sites for hydroxylation is 1. The van der Waals surface area contributed by atoms with Crippen LogP contribution in [-0.2, 0) is 29.1 Å². The number of hydrogen-bond donors (Lipinski definition) is 2. The topological polar surface area (TPSA) is 133 Å². The van der Waals surface area contributed by atoms with Gasteiger partial charge in [-0.05, 0) is 38.3 Å². The highest BCUT2D eigenvalue weighted by Crippen LogP contribution is 2.46. The van der Waals surface area contributed by atoms with E-state index in [0.717, 1.165) is 5.56 Å². The lowest BCUT2D eigenvalue weighted by Crippen LogP contribution is -2.50. The maximum Gasteiger partial charge on any atom is 0.297 e. The Morgan fingerprint density at radius 3 is 2.37 bits per heavy atom. The first-order chi connectivity index (χ1) is 12.5. The Bertz CT molecular complexity index is 981. The van der Waals surface area contributed by atoms with Crippen molar-refractivity contribution in [3.05, 3.63) is 42.5 Å². The summed E-state index contributed by atoms with van der Waals surface area (Å²) in [5.41, 5.74) is 5.48. The summed E-state index contributed by atoms with van der Waals surface area (Å²) in [5.74, 6) is -1.08. The molecule has 2 aliphatic rings.